The van der Waals surface area contributed by atoms with Crippen LogP contribution in [0.2, 0.25) is 0 Å². The Hall–Kier alpha value is -2.92. The highest BCUT2D eigenvalue weighted by Crippen LogP contribution is 2.47. The van der Waals surface area contributed by atoms with E-state index in [1.807, 2.05) is 6.07 Å². The molecule has 2 aromatic carbocycles. The second kappa shape index (κ2) is 6.18. The van der Waals surface area contributed by atoms with Gasteiger partial charge >= 0.3 is 0 Å². The zero-order valence-electron chi connectivity index (χ0n) is 13.3. The molecule has 5 heteroatoms. The molecule has 2 atom stereocenters. The van der Waals surface area contributed by atoms with Crippen molar-refractivity contribution in [3.05, 3.63) is 77.9 Å². The number of aromatic hydroxyl groups is 1. The van der Waals surface area contributed by atoms with Crippen molar-refractivity contribution in [2.24, 2.45) is 0 Å². The highest BCUT2D eigenvalue weighted by atomic mass is 19.1. The first-order chi connectivity index (χ1) is 12.2. The van der Waals surface area contributed by atoms with Gasteiger partial charge in [0.2, 0.25) is 5.95 Å². The van der Waals surface area contributed by atoms with Gasteiger partial charge in [-0.25, -0.2) is 4.98 Å². The monoisotopic (exact) mass is 337 g/mol. The summed E-state index contributed by atoms with van der Waals surface area (Å²) < 4.78 is 20.0. The molecule has 25 heavy (non-hydrogen) atoms. The van der Waals surface area contributed by atoms with Gasteiger partial charge in [-0.15, -0.1) is 0 Å². The number of rotatable bonds is 3. The number of phenols is 1. The second-order valence-corrected chi connectivity index (χ2v) is 6.01. The van der Waals surface area contributed by atoms with Crippen LogP contribution in [0.25, 0.3) is 11.1 Å². The first kappa shape index (κ1) is 15.6. The molecule has 0 saturated heterocycles. The summed E-state index contributed by atoms with van der Waals surface area (Å²) in [5.74, 6) is 0.0514. The lowest BCUT2D eigenvalue weighted by atomic mass is 9.90. The predicted octanol–water partition coefficient (Wildman–Crippen LogP) is 3.80. The summed E-state index contributed by atoms with van der Waals surface area (Å²) in [7, 11) is 0. The Balaban J connectivity index is 1.74. The van der Waals surface area contributed by atoms with Crippen molar-refractivity contribution in [2.45, 2.75) is 12.0 Å². The molecule has 0 radical (unpaired) electrons. The molecule has 1 aromatic heterocycles. The van der Waals surface area contributed by atoms with Gasteiger partial charge in [0, 0.05) is 17.3 Å². The van der Waals surface area contributed by atoms with E-state index in [-0.39, 0.29) is 24.4 Å². The first-order valence-electron chi connectivity index (χ1n) is 7.98. The Morgan fingerprint density at radius 2 is 1.88 bits per heavy atom. The maximum atomic E-state index is 14.0. The molecular formula is C20H16FNO3. The third kappa shape index (κ3) is 2.72. The second-order valence-electron chi connectivity index (χ2n) is 6.01. The fraction of sp³-hybridized carbons (Fsp3) is 0.150. The van der Waals surface area contributed by atoms with Crippen molar-refractivity contribution in [2.75, 3.05) is 6.61 Å². The van der Waals surface area contributed by atoms with Crippen LogP contribution in [-0.4, -0.2) is 21.8 Å². The van der Waals surface area contributed by atoms with Crippen LogP contribution < -0.4 is 4.74 Å². The Morgan fingerprint density at radius 3 is 2.60 bits per heavy atom. The highest BCUT2D eigenvalue weighted by Gasteiger charge is 2.35. The quantitative estimate of drug-likeness (QED) is 0.714. The molecule has 0 bridgehead atoms. The molecule has 0 amide bonds. The van der Waals surface area contributed by atoms with Gasteiger partial charge < -0.3 is 14.9 Å². The van der Waals surface area contributed by atoms with E-state index in [0.717, 1.165) is 11.1 Å². The van der Waals surface area contributed by atoms with E-state index in [1.165, 1.54) is 6.20 Å². The number of aliphatic hydroxyl groups is 1. The number of aromatic nitrogens is 1. The molecule has 0 spiro atoms. The molecule has 4 rings (SSSR count). The standard InChI is InChI=1S/C20H16FNO3/c21-20-15(2-1-9-22-20)13-5-8-18-16(10-13)17(11-23)19(25-18)12-3-6-14(24)7-4-12/h1-10,17,19,23-24H,11H2/t17-,19+/m0/s1. The molecule has 4 nitrogen and oxygen atoms in total. The van der Waals surface area contributed by atoms with Crippen LogP contribution in [0, 0.1) is 5.95 Å². The lowest BCUT2D eigenvalue weighted by Gasteiger charge is -2.17. The summed E-state index contributed by atoms with van der Waals surface area (Å²) >= 11 is 0. The van der Waals surface area contributed by atoms with E-state index in [2.05, 4.69) is 4.98 Å². The first-order valence-corrected chi connectivity index (χ1v) is 7.98. The minimum atomic E-state index is -0.531. The number of nitrogens with zero attached hydrogens (tertiary/aromatic N) is 1. The van der Waals surface area contributed by atoms with E-state index >= 15 is 0 Å². The van der Waals surface area contributed by atoms with Crippen LogP contribution in [0.3, 0.4) is 0 Å². The predicted molar refractivity (Wildman–Crippen MR) is 90.9 cm³/mol. The summed E-state index contributed by atoms with van der Waals surface area (Å²) in [5, 5.41) is 19.4. The number of aliphatic hydroxyl groups excluding tert-OH is 1. The van der Waals surface area contributed by atoms with Gasteiger partial charge in [-0.3, -0.25) is 0 Å². The van der Waals surface area contributed by atoms with Gasteiger partial charge in [0.05, 0.1) is 12.5 Å². The lowest BCUT2D eigenvalue weighted by molar-refractivity contribution is 0.160. The van der Waals surface area contributed by atoms with Crippen molar-refractivity contribution in [1.82, 2.24) is 4.98 Å². The summed E-state index contributed by atoms with van der Waals surface area (Å²) in [4.78, 5) is 3.69. The fourth-order valence-electron chi connectivity index (χ4n) is 3.25. The van der Waals surface area contributed by atoms with Gasteiger partial charge in [-0.1, -0.05) is 18.2 Å². The summed E-state index contributed by atoms with van der Waals surface area (Å²) in [6.45, 7) is -0.0997. The van der Waals surface area contributed by atoms with Crippen LogP contribution in [0.4, 0.5) is 4.39 Å². The fourth-order valence-corrected chi connectivity index (χ4v) is 3.25. The van der Waals surface area contributed by atoms with Crippen molar-refractivity contribution in [1.29, 1.82) is 0 Å². The number of fused-ring (bicyclic) bond motifs is 1. The van der Waals surface area contributed by atoms with Crippen molar-refractivity contribution in [3.63, 3.8) is 0 Å². The van der Waals surface area contributed by atoms with E-state index in [4.69, 9.17) is 4.74 Å². The number of hydrogen-bond acceptors (Lipinski definition) is 4. The number of halogens is 1. The van der Waals surface area contributed by atoms with Crippen LogP contribution in [0.5, 0.6) is 11.5 Å². The van der Waals surface area contributed by atoms with Gasteiger partial charge in [0.1, 0.15) is 17.6 Å². The summed E-state index contributed by atoms with van der Waals surface area (Å²) in [5.41, 5.74) is 2.80. The molecule has 3 aromatic rings. The Morgan fingerprint density at radius 1 is 1.08 bits per heavy atom. The molecule has 2 N–H and O–H groups in total. The molecule has 0 saturated carbocycles. The summed E-state index contributed by atoms with van der Waals surface area (Å²) in [6.07, 6.45) is 1.06. The van der Waals surface area contributed by atoms with E-state index in [9.17, 15) is 14.6 Å². The topological polar surface area (TPSA) is 62.6 Å². The molecule has 0 unspecified atom stereocenters. The van der Waals surface area contributed by atoms with Crippen LogP contribution in [0.1, 0.15) is 23.1 Å². The van der Waals surface area contributed by atoms with Crippen molar-refractivity contribution in [3.8, 4) is 22.6 Å². The van der Waals surface area contributed by atoms with Crippen molar-refractivity contribution >= 4 is 0 Å². The van der Waals surface area contributed by atoms with Crippen LogP contribution >= 0.6 is 0 Å². The molecule has 1 aliphatic heterocycles. The molecule has 0 fully saturated rings. The lowest BCUT2D eigenvalue weighted by Crippen LogP contribution is -2.13. The molecular weight excluding hydrogens is 321 g/mol. The Bertz CT molecular complexity index is 911. The van der Waals surface area contributed by atoms with Gasteiger partial charge in [-0.2, -0.15) is 4.39 Å². The number of phenolic OH excluding ortho intramolecular Hbond substituents is 1. The normalized spacial score (nSPS) is 18.6. The Labute approximate surface area is 144 Å². The smallest absolute Gasteiger partial charge is 0.220 e. The van der Waals surface area contributed by atoms with E-state index in [1.54, 1.807) is 48.5 Å². The molecule has 1 aliphatic rings. The number of hydrogen-bond donors (Lipinski definition) is 2. The third-order valence-corrected chi connectivity index (χ3v) is 4.52. The van der Waals surface area contributed by atoms with Crippen molar-refractivity contribution < 1.29 is 19.3 Å². The van der Waals surface area contributed by atoms with Crippen LogP contribution in [-0.2, 0) is 0 Å². The van der Waals surface area contributed by atoms with E-state index in [0.29, 0.717) is 16.9 Å². The maximum absolute atomic E-state index is 14.0. The van der Waals surface area contributed by atoms with E-state index < -0.39 is 5.95 Å². The number of pyridine rings is 1. The van der Waals surface area contributed by atoms with Gasteiger partial charge in [0.15, 0.2) is 0 Å². The number of benzene rings is 2. The largest absolute Gasteiger partial charge is 0.508 e. The highest BCUT2D eigenvalue weighted by molar-refractivity contribution is 5.66. The molecule has 126 valence electrons. The molecule has 2 heterocycles. The molecule has 0 aliphatic carbocycles. The van der Waals surface area contributed by atoms with Gasteiger partial charge in [0.25, 0.3) is 0 Å². The summed E-state index contributed by atoms with van der Waals surface area (Å²) in [6, 6.07) is 15.5. The average Bonchev–Trinajstić information content (AvgIpc) is 3.00. The Kier molecular flexibility index (Phi) is 3.86. The SMILES string of the molecule is OC[C@H]1c2cc(-c3cccnc3F)ccc2O[C@@H]1c1ccc(O)cc1. The minimum absolute atomic E-state index is 0.0997. The van der Waals surface area contributed by atoms with Gasteiger partial charge in [-0.05, 0) is 47.5 Å². The minimum Gasteiger partial charge on any atom is -0.508 e. The van der Waals surface area contributed by atoms with Crippen LogP contribution in [0.15, 0.2) is 60.8 Å². The average molecular weight is 337 g/mol. The third-order valence-electron chi connectivity index (χ3n) is 4.52. The maximum Gasteiger partial charge on any atom is 0.220 e. The zero-order valence-corrected chi connectivity index (χ0v) is 13.3. The number of ether oxygens (including phenoxy) is 1. The zero-order chi connectivity index (χ0) is 17.4.